The summed E-state index contributed by atoms with van der Waals surface area (Å²) in [4.78, 5) is 11.5. The lowest BCUT2D eigenvalue weighted by Gasteiger charge is -2.08. The maximum absolute atomic E-state index is 11.5. The number of hydrogen-bond donors (Lipinski definition) is 1. The Balaban J connectivity index is 1.70. The van der Waals surface area contributed by atoms with Crippen LogP contribution >= 0.6 is 11.8 Å². The van der Waals surface area contributed by atoms with E-state index in [1.54, 1.807) is 12.3 Å². The highest BCUT2D eigenvalue weighted by atomic mass is 32.2. The average Bonchev–Trinajstić information content (AvgIpc) is 3.32. The third-order valence-corrected chi connectivity index (χ3v) is 4.55. The van der Waals surface area contributed by atoms with Crippen molar-refractivity contribution in [2.45, 2.75) is 10.9 Å². The van der Waals surface area contributed by atoms with Gasteiger partial charge in [-0.25, -0.2) is 0 Å². The first kappa shape index (κ1) is 16.2. The largest absolute Gasteiger partial charge is 0.502 e. The Morgan fingerprint density at radius 3 is 2.65 bits per heavy atom. The van der Waals surface area contributed by atoms with Crippen molar-refractivity contribution in [1.82, 2.24) is 14.8 Å². The van der Waals surface area contributed by atoms with E-state index in [0.29, 0.717) is 28.3 Å². The average molecular weight is 367 g/mol. The fourth-order valence-electron chi connectivity index (χ4n) is 2.39. The Labute approximate surface area is 151 Å². The summed E-state index contributed by atoms with van der Waals surface area (Å²) in [6, 6.07) is 14.5. The third kappa shape index (κ3) is 3.14. The van der Waals surface area contributed by atoms with E-state index in [-0.39, 0.29) is 0 Å². The molecule has 1 aromatic carbocycles. The van der Waals surface area contributed by atoms with Crippen LogP contribution in [0.4, 0.5) is 0 Å². The van der Waals surface area contributed by atoms with E-state index in [1.165, 1.54) is 17.8 Å². The van der Waals surface area contributed by atoms with Gasteiger partial charge in [0.05, 0.1) is 12.0 Å². The van der Waals surface area contributed by atoms with Gasteiger partial charge in [-0.3, -0.25) is 9.36 Å². The van der Waals surface area contributed by atoms with Crippen LogP contribution in [0.1, 0.15) is 5.76 Å². The first-order valence-corrected chi connectivity index (χ1v) is 8.69. The second-order valence-corrected chi connectivity index (χ2v) is 6.28. The summed E-state index contributed by atoms with van der Waals surface area (Å²) >= 11 is 1.36. The van der Waals surface area contributed by atoms with Gasteiger partial charge in [0.15, 0.2) is 16.7 Å². The number of rotatable bonds is 5. The second kappa shape index (κ2) is 6.93. The molecule has 0 aliphatic rings. The molecule has 26 heavy (non-hydrogen) atoms. The van der Waals surface area contributed by atoms with Gasteiger partial charge in [0, 0.05) is 11.8 Å². The molecule has 0 radical (unpaired) electrons. The molecular weight excluding hydrogens is 354 g/mol. The Morgan fingerprint density at radius 2 is 1.92 bits per heavy atom. The maximum atomic E-state index is 11.5. The summed E-state index contributed by atoms with van der Waals surface area (Å²) in [6.45, 7) is 0. The first-order valence-electron chi connectivity index (χ1n) is 7.70. The van der Waals surface area contributed by atoms with E-state index >= 15 is 0 Å². The van der Waals surface area contributed by atoms with Crippen molar-refractivity contribution in [1.29, 1.82) is 0 Å². The summed E-state index contributed by atoms with van der Waals surface area (Å²) in [5, 5.41) is 18.4. The van der Waals surface area contributed by atoms with Crippen LogP contribution in [0.2, 0.25) is 0 Å². The fraction of sp³-hybridized carbons (Fsp3) is 0.0556. The molecule has 130 valence electrons. The molecule has 0 aliphatic heterocycles. The molecular formula is C18H13N3O4S. The lowest BCUT2D eigenvalue weighted by Crippen LogP contribution is -2.01. The fourth-order valence-corrected chi connectivity index (χ4v) is 3.24. The van der Waals surface area contributed by atoms with Crippen molar-refractivity contribution in [2.24, 2.45) is 0 Å². The molecule has 8 heteroatoms. The molecule has 0 saturated carbocycles. The zero-order chi connectivity index (χ0) is 17.9. The molecule has 0 aliphatic carbocycles. The maximum Gasteiger partial charge on any atom is 0.226 e. The van der Waals surface area contributed by atoms with E-state index in [4.69, 9.17) is 8.83 Å². The second-order valence-electron chi connectivity index (χ2n) is 5.34. The van der Waals surface area contributed by atoms with Gasteiger partial charge in [-0.1, -0.05) is 30.0 Å². The Bertz CT molecular complexity index is 1070. The number of furan rings is 1. The third-order valence-electron chi connectivity index (χ3n) is 3.60. The monoisotopic (exact) mass is 367 g/mol. The van der Waals surface area contributed by atoms with Crippen molar-refractivity contribution < 1.29 is 13.9 Å². The van der Waals surface area contributed by atoms with Crippen LogP contribution < -0.4 is 5.43 Å². The molecule has 3 aromatic heterocycles. The summed E-state index contributed by atoms with van der Waals surface area (Å²) in [6.07, 6.45) is 2.62. The number of thioether (sulfide) groups is 1. The predicted octanol–water partition coefficient (Wildman–Crippen LogP) is 3.48. The number of para-hydroxylation sites is 1. The van der Waals surface area contributed by atoms with Crippen molar-refractivity contribution in [3.8, 4) is 23.0 Å². The molecule has 0 amide bonds. The highest BCUT2D eigenvalue weighted by Gasteiger charge is 2.18. The molecule has 0 atom stereocenters. The van der Waals surface area contributed by atoms with Crippen molar-refractivity contribution in [3.63, 3.8) is 0 Å². The smallest absolute Gasteiger partial charge is 0.226 e. The molecule has 7 nitrogen and oxygen atoms in total. The van der Waals surface area contributed by atoms with Crippen molar-refractivity contribution in [3.05, 3.63) is 77.0 Å². The van der Waals surface area contributed by atoms with Gasteiger partial charge in [-0.05, 0) is 24.3 Å². The molecule has 0 fully saturated rings. The predicted molar refractivity (Wildman–Crippen MR) is 95.3 cm³/mol. The molecule has 4 rings (SSSR count). The van der Waals surface area contributed by atoms with Gasteiger partial charge in [0.1, 0.15) is 12.0 Å². The number of hydrogen-bond acceptors (Lipinski definition) is 7. The van der Waals surface area contributed by atoms with Crippen LogP contribution in [0.3, 0.4) is 0 Å². The standard InChI is InChI=1S/C18H13N3O4S/c22-14-9-13(25-10-15(14)23)11-26-18-20-19-17(16-7-4-8-24-16)21(18)12-5-2-1-3-6-12/h1-10,23H,11H2. The zero-order valence-electron chi connectivity index (χ0n) is 13.4. The van der Waals surface area contributed by atoms with Gasteiger partial charge in [-0.15, -0.1) is 10.2 Å². The zero-order valence-corrected chi connectivity index (χ0v) is 14.2. The topological polar surface area (TPSA) is 94.3 Å². The highest BCUT2D eigenvalue weighted by Crippen LogP contribution is 2.29. The van der Waals surface area contributed by atoms with Crippen LogP contribution in [-0.2, 0) is 5.75 Å². The first-order chi connectivity index (χ1) is 12.7. The van der Waals surface area contributed by atoms with E-state index in [0.717, 1.165) is 12.0 Å². The van der Waals surface area contributed by atoms with Gasteiger partial charge < -0.3 is 13.9 Å². The normalized spacial score (nSPS) is 10.9. The SMILES string of the molecule is O=c1cc(CSc2nnc(-c3ccco3)n2-c2ccccc2)occ1O. The quantitative estimate of drug-likeness (QED) is 0.540. The molecule has 0 unspecified atom stereocenters. The number of aromatic hydroxyl groups is 1. The molecule has 0 saturated heterocycles. The van der Waals surface area contributed by atoms with Crippen LogP contribution in [0.25, 0.3) is 17.3 Å². The minimum absolute atomic E-state index is 0.360. The van der Waals surface area contributed by atoms with Gasteiger partial charge in [0.2, 0.25) is 11.3 Å². The number of benzene rings is 1. The number of aromatic nitrogens is 3. The van der Waals surface area contributed by atoms with Gasteiger partial charge in [0.25, 0.3) is 0 Å². The lowest BCUT2D eigenvalue weighted by atomic mass is 10.3. The lowest BCUT2D eigenvalue weighted by molar-refractivity contribution is 0.419. The molecule has 0 bridgehead atoms. The number of nitrogens with zero attached hydrogens (tertiary/aromatic N) is 3. The van der Waals surface area contributed by atoms with Crippen LogP contribution in [0.15, 0.2) is 79.8 Å². The summed E-state index contributed by atoms with van der Waals surface area (Å²) in [5.41, 5.74) is 0.409. The summed E-state index contributed by atoms with van der Waals surface area (Å²) < 4.78 is 12.6. The molecule has 1 N–H and O–H groups in total. The van der Waals surface area contributed by atoms with Gasteiger partial charge in [-0.2, -0.15) is 0 Å². The van der Waals surface area contributed by atoms with Crippen LogP contribution in [0, 0.1) is 0 Å². The van der Waals surface area contributed by atoms with E-state index in [9.17, 15) is 9.90 Å². The van der Waals surface area contributed by atoms with Crippen LogP contribution in [0.5, 0.6) is 5.75 Å². The van der Waals surface area contributed by atoms with Crippen molar-refractivity contribution >= 4 is 11.8 Å². The van der Waals surface area contributed by atoms with E-state index in [2.05, 4.69) is 10.2 Å². The Kier molecular flexibility index (Phi) is 4.32. The Morgan fingerprint density at radius 1 is 1.08 bits per heavy atom. The minimum Gasteiger partial charge on any atom is -0.502 e. The summed E-state index contributed by atoms with van der Waals surface area (Å²) in [5.74, 6) is 1.56. The molecule has 0 spiro atoms. The van der Waals surface area contributed by atoms with Crippen molar-refractivity contribution in [2.75, 3.05) is 0 Å². The minimum atomic E-state index is -0.479. The Hall–Kier alpha value is -3.26. The van der Waals surface area contributed by atoms with E-state index < -0.39 is 11.2 Å². The molecule has 4 aromatic rings. The highest BCUT2D eigenvalue weighted by molar-refractivity contribution is 7.98. The summed E-state index contributed by atoms with van der Waals surface area (Å²) in [7, 11) is 0. The molecule has 3 heterocycles. The van der Waals surface area contributed by atoms with Crippen LogP contribution in [-0.4, -0.2) is 19.9 Å². The van der Waals surface area contributed by atoms with E-state index in [1.807, 2.05) is 41.0 Å². The van der Waals surface area contributed by atoms with Gasteiger partial charge >= 0.3 is 0 Å².